The standard InChI is InChI=1S/C17H28FNO2/c1-3-5-9-20-10-11-21-14-16-12-15(6-7-17(16)18)13-19-8-4-2/h6-7,12,19H,3-5,8-11,13-14H2,1-2H3. The summed E-state index contributed by atoms with van der Waals surface area (Å²) in [7, 11) is 0. The van der Waals surface area contributed by atoms with E-state index in [0.29, 0.717) is 25.4 Å². The van der Waals surface area contributed by atoms with Gasteiger partial charge < -0.3 is 14.8 Å². The van der Waals surface area contributed by atoms with E-state index in [1.165, 1.54) is 6.07 Å². The molecule has 4 heteroatoms. The van der Waals surface area contributed by atoms with Crippen LogP contribution in [0.15, 0.2) is 18.2 Å². The lowest BCUT2D eigenvalue weighted by atomic mass is 10.1. The van der Waals surface area contributed by atoms with Crippen molar-refractivity contribution in [2.24, 2.45) is 0 Å². The van der Waals surface area contributed by atoms with E-state index in [0.717, 1.165) is 44.5 Å². The van der Waals surface area contributed by atoms with Gasteiger partial charge in [0.2, 0.25) is 0 Å². The fourth-order valence-corrected chi connectivity index (χ4v) is 1.91. The van der Waals surface area contributed by atoms with Gasteiger partial charge in [-0.25, -0.2) is 4.39 Å². The maximum absolute atomic E-state index is 13.7. The summed E-state index contributed by atoms with van der Waals surface area (Å²) in [5.74, 6) is -0.207. The third-order valence-corrected chi connectivity index (χ3v) is 3.14. The molecule has 0 heterocycles. The van der Waals surface area contributed by atoms with Crippen LogP contribution in [-0.2, 0) is 22.6 Å². The van der Waals surface area contributed by atoms with E-state index < -0.39 is 0 Å². The summed E-state index contributed by atoms with van der Waals surface area (Å²) >= 11 is 0. The van der Waals surface area contributed by atoms with Gasteiger partial charge in [0.15, 0.2) is 0 Å². The molecular weight excluding hydrogens is 269 g/mol. The average molecular weight is 297 g/mol. The van der Waals surface area contributed by atoms with Gasteiger partial charge in [-0.1, -0.05) is 26.3 Å². The highest BCUT2D eigenvalue weighted by Crippen LogP contribution is 2.12. The van der Waals surface area contributed by atoms with Crippen molar-refractivity contribution in [3.8, 4) is 0 Å². The molecule has 21 heavy (non-hydrogen) atoms. The van der Waals surface area contributed by atoms with Gasteiger partial charge in [-0.2, -0.15) is 0 Å². The van der Waals surface area contributed by atoms with E-state index in [9.17, 15) is 4.39 Å². The van der Waals surface area contributed by atoms with E-state index in [1.54, 1.807) is 0 Å². The Kier molecular flexibility index (Phi) is 10.0. The molecule has 0 saturated carbocycles. The lowest BCUT2D eigenvalue weighted by Gasteiger charge is -2.09. The molecule has 3 nitrogen and oxygen atoms in total. The molecule has 1 aromatic rings. The van der Waals surface area contributed by atoms with E-state index in [1.807, 2.05) is 12.1 Å². The first-order valence-electron chi connectivity index (χ1n) is 7.91. The molecule has 0 aliphatic heterocycles. The maximum Gasteiger partial charge on any atom is 0.128 e. The van der Waals surface area contributed by atoms with Crippen molar-refractivity contribution in [2.75, 3.05) is 26.4 Å². The van der Waals surface area contributed by atoms with E-state index in [2.05, 4.69) is 19.2 Å². The van der Waals surface area contributed by atoms with Crippen LogP contribution < -0.4 is 5.32 Å². The predicted molar refractivity (Wildman–Crippen MR) is 83.8 cm³/mol. The summed E-state index contributed by atoms with van der Waals surface area (Å²) in [5, 5.41) is 3.31. The molecule has 120 valence electrons. The molecule has 0 amide bonds. The summed E-state index contributed by atoms with van der Waals surface area (Å²) in [6.45, 7) is 8.13. The van der Waals surface area contributed by atoms with Crippen molar-refractivity contribution in [2.45, 2.75) is 46.3 Å². The Bertz CT molecular complexity index is 385. The third kappa shape index (κ3) is 8.15. The Labute approximate surface area is 127 Å². The zero-order valence-electron chi connectivity index (χ0n) is 13.3. The lowest BCUT2D eigenvalue weighted by Crippen LogP contribution is -2.14. The van der Waals surface area contributed by atoms with E-state index in [-0.39, 0.29) is 5.82 Å². The molecule has 0 spiro atoms. The second-order valence-electron chi connectivity index (χ2n) is 5.12. The number of hydrogen-bond donors (Lipinski definition) is 1. The van der Waals surface area contributed by atoms with Gasteiger partial charge in [-0.15, -0.1) is 0 Å². The third-order valence-electron chi connectivity index (χ3n) is 3.14. The normalized spacial score (nSPS) is 11.0. The van der Waals surface area contributed by atoms with Crippen molar-refractivity contribution < 1.29 is 13.9 Å². The zero-order chi connectivity index (χ0) is 15.3. The fourth-order valence-electron chi connectivity index (χ4n) is 1.91. The molecule has 0 aliphatic carbocycles. The lowest BCUT2D eigenvalue weighted by molar-refractivity contribution is 0.0387. The molecule has 0 unspecified atom stereocenters. The molecule has 0 aliphatic rings. The molecule has 1 aromatic carbocycles. The van der Waals surface area contributed by atoms with Crippen molar-refractivity contribution in [3.05, 3.63) is 35.1 Å². The fraction of sp³-hybridized carbons (Fsp3) is 0.647. The first-order chi connectivity index (χ1) is 10.3. The molecule has 0 fully saturated rings. The topological polar surface area (TPSA) is 30.5 Å². The number of unbranched alkanes of at least 4 members (excludes halogenated alkanes) is 1. The van der Waals surface area contributed by atoms with Crippen molar-refractivity contribution in [1.82, 2.24) is 5.32 Å². The molecule has 0 aromatic heterocycles. The van der Waals surface area contributed by atoms with Crippen molar-refractivity contribution in [1.29, 1.82) is 0 Å². The van der Waals surface area contributed by atoms with Crippen molar-refractivity contribution >= 4 is 0 Å². The molecule has 1 rings (SSSR count). The number of halogens is 1. The van der Waals surface area contributed by atoms with Gasteiger partial charge in [0.25, 0.3) is 0 Å². The quantitative estimate of drug-likeness (QED) is 0.597. The minimum Gasteiger partial charge on any atom is -0.379 e. The van der Waals surface area contributed by atoms with Crippen LogP contribution in [0.25, 0.3) is 0 Å². The van der Waals surface area contributed by atoms with Crippen molar-refractivity contribution in [3.63, 3.8) is 0 Å². The van der Waals surface area contributed by atoms with Crippen LogP contribution in [-0.4, -0.2) is 26.4 Å². The first-order valence-corrected chi connectivity index (χ1v) is 7.91. The largest absolute Gasteiger partial charge is 0.379 e. The average Bonchev–Trinajstić information content (AvgIpc) is 2.49. The number of nitrogens with one attached hydrogen (secondary N) is 1. The first kappa shape index (κ1) is 18.1. The van der Waals surface area contributed by atoms with Crippen LogP contribution in [0.2, 0.25) is 0 Å². The van der Waals surface area contributed by atoms with Crippen LogP contribution >= 0.6 is 0 Å². The molecule has 0 radical (unpaired) electrons. The summed E-state index contributed by atoms with van der Waals surface area (Å²) in [4.78, 5) is 0. The van der Waals surface area contributed by atoms with E-state index in [4.69, 9.17) is 9.47 Å². The van der Waals surface area contributed by atoms with Gasteiger partial charge in [-0.05, 0) is 37.1 Å². The molecule has 0 bridgehead atoms. The maximum atomic E-state index is 13.7. The number of benzene rings is 1. The smallest absolute Gasteiger partial charge is 0.128 e. The highest BCUT2D eigenvalue weighted by molar-refractivity contribution is 5.24. The highest BCUT2D eigenvalue weighted by Gasteiger charge is 2.04. The van der Waals surface area contributed by atoms with Gasteiger partial charge in [0.1, 0.15) is 5.82 Å². The summed E-state index contributed by atoms with van der Waals surface area (Å²) in [6.07, 6.45) is 3.29. The van der Waals surface area contributed by atoms with Gasteiger partial charge in [0.05, 0.1) is 19.8 Å². The molecular formula is C17H28FNO2. The molecule has 0 atom stereocenters. The summed E-state index contributed by atoms with van der Waals surface area (Å²) in [5.41, 5.74) is 1.70. The number of rotatable bonds is 12. The molecule has 0 saturated heterocycles. The predicted octanol–water partition coefficient (Wildman–Crippen LogP) is 3.66. The van der Waals surface area contributed by atoms with E-state index >= 15 is 0 Å². The second-order valence-corrected chi connectivity index (χ2v) is 5.12. The van der Waals surface area contributed by atoms with Gasteiger partial charge >= 0.3 is 0 Å². The van der Waals surface area contributed by atoms with Crippen LogP contribution in [0.1, 0.15) is 44.2 Å². The number of ether oxygens (including phenoxy) is 2. The summed E-state index contributed by atoms with van der Waals surface area (Å²) in [6, 6.07) is 5.20. The molecule has 1 N–H and O–H groups in total. The second kappa shape index (κ2) is 11.7. The Hall–Kier alpha value is -0.970. The van der Waals surface area contributed by atoms with Crippen LogP contribution in [0.5, 0.6) is 0 Å². The monoisotopic (exact) mass is 297 g/mol. The van der Waals surface area contributed by atoms with Crippen LogP contribution in [0.3, 0.4) is 0 Å². The highest BCUT2D eigenvalue weighted by atomic mass is 19.1. The minimum atomic E-state index is -0.207. The number of hydrogen-bond acceptors (Lipinski definition) is 3. The Morgan fingerprint density at radius 3 is 2.62 bits per heavy atom. The van der Waals surface area contributed by atoms with Gasteiger partial charge in [-0.3, -0.25) is 0 Å². The Morgan fingerprint density at radius 1 is 1.05 bits per heavy atom. The Morgan fingerprint density at radius 2 is 1.86 bits per heavy atom. The van der Waals surface area contributed by atoms with Crippen LogP contribution in [0.4, 0.5) is 4.39 Å². The van der Waals surface area contributed by atoms with Gasteiger partial charge in [0, 0.05) is 18.7 Å². The Balaban J connectivity index is 2.27. The minimum absolute atomic E-state index is 0.207. The zero-order valence-corrected chi connectivity index (χ0v) is 13.3. The van der Waals surface area contributed by atoms with Crippen LogP contribution in [0, 0.1) is 5.82 Å². The summed E-state index contributed by atoms with van der Waals surface area (Å²) < 4.78 is 24.6. The SMILES string of the molecule is CCCCOCCOCc1cc(CNCCC)ccc1F.